The van der Waals surface area contributed by atoms with Crippen molar-refractivity contribution in [3.8, 4) is 0 Å². The lowest BCUT2D eigenvalue weighted by Gasteiger charge is -2.32. The molecule has 1 aromatic carbocycles. The van der Waals surface area contributed by atoms with Gasteiger partial charge >= 0.3 is 0 Å². The fraction of sp³-hybridized carbons (Fsp3) is 0.400. The summed E-state index contributed by atoms with van der Waals surface area (Å²) in [4.78, 5) is 19.0. The lowest BCUT2D eigenvalue weighted by atomic mass is 10.1. The largest absolute Gasteiger partial charge is 0.324 e. The highest BCUT2D eigenvalue weighted by Gasteiger charge is 2.43. The number of amides is 1. The Kier molecular flexibility index (Phi) is 6.42. The van der Waals surface area contributed by atoms with Crippen molar-refractivity contribution in [2.24, 2.45) is 5.92 Å². The van der Waals surface area contributed by atoms with Crippen LogP contribution in [0.15, 0.2) is 58.6 Å². The fourth-order valence-electron chi connectivity index (χ4n) is 3.35. The Hall–Kier alpha value is -1.90. The predicted octanol–water partition coefficient (Wildman–Crippen LogP) is 3.00. The highest BCUT2D eigenvalue weighted by atomic mass is 32.2. The summed E-state index contributed by atoms with van der Waals surface area (Å²) in [5.74, 6) is 0.140. The quantitative estimate of drug-likeness (QED) is 0.673. The van der Waals surface area contributed by atoms with Crippen LogP contribution >= 0.6 is 11.8 Å². The lowest BCUT2D eigenvalue weighted by molar-refractivity contribution is -0.130. The van der Waals surface area contributed by atoms with E-state index in [-0.39, 0.29) is 22.5 Å². The van der Waals surface area contributed by atoms with Crippen LogP contribution in [0.25, 0.3) is 0 Å². The second-order valence-electron chi connectivity index (χ2n) is 7.13. The Labute approximate surface area is 171 Å². The summed E-state index contributed by atoms with van der Waals surface area (Å²) in [7, 11) is -3.66. The molecule has 1 aliphatic rings. The predicted molar refractivity (Wildman–Crippen MR) is 110 cm³/mol. The topological polar surface area (TPSA) is 70.6 Å². The van der Waals surface area contributed by atoms with Crippen molar-refractivity contribution in [2.75, 3.05) is 18.8 Å². The molecule has 8 heteroatoms. The molecule has 0 spiro atoms. The van der Waals surface area contributed by atoms with E-state index in [4.69, 9.17) is 0 Å². The van der Waals surface area contributed by atoms with Gasteiger partial charge in [-0.25, -0.2) is 13.4 Å². The normalized spacial score (nSPS) is 18.0. The first-order chi connectivity index (χ1) is 13.3. The minimum Gasteiger partial charge on any atom is -0.324 e. The Morgan fingerprint density at radius 1 is 1.18 bits per heavy atom. The van der Waals surface area contributed by atoms with Gasteiger partial charge in [-0.1, -0.05) is 49.4 Å². The molecule has 0 bridgehead atoms. The number of benzene rings is 1. The summed E-state index contributed by atoms with van der Waals surface area (Å²) < 4.78 is 27.8. The van der Waals surface area contributed by atoms with Crippen LogP contribution < -0.4 is 0 Å². The van der Waals surface area contributed by atoms with E-state index in [1.165, 1.54) is 16.1 Å². The molecule has 0 unspecified atom stereocenters. The maximum Gasteiger partial charge on any atom is 0.244 e. The summed E-state index contributed by atoms with van der Waals surface area (Å²) in [6.07, 6.45) is 1.21. The van der Waals surface area contributed by atoms with Gasteiger partial charge in [-0.2, -0.15) is 4.31 Å². The Morgan fingerprint density at radius 3 is 2.50 bits per heavy atom. The average molecular weight is 420 g/mol. The van der Waals surface area contributed by atoms with Gasteiger partial charge in [0.1, 0.15) is 6.17 Å². The third-order valence-electron chi connectivity index (χ3n) is 4.70. The van der Waals surface area contributed by atoms with Gasteiger partial charge < -0.3 is 4.90 Å². The van der Waals surface area contributed by atoms with Gasteiger partial charge in [0, 0.05) is 19.3 Å². The molecule has 0 saturated carbocycles. The number of hydrogen-bond donors (Lipinski definition) is 0. The van der Waals surface area contributed by atoms with E-state index in [2.05, 4.69) is 4.98 Å². The molecular weight excluding hydrogens is 394 g/mol. The molecule has 150 valence electrons. The van der Waals surface area contributed by atoms with Crippen LogP contribution in [0.2, 0.25) is 0 Å². The van der Waals surface area contributed by atoms with E-state index < -0.39 is 16.2 Å². The lowest BCUT2D eigenvalue weighted by Crippen LogP contribution is -2.48. The molecule has 1 fully saturated rings. The van der Waals surface area contributed by atoms with Gasteiger partial charge in [-0.15, -0.1) is 0 Å². The summed E-state index contributed by atoms with van der Waals surface area (Å²) >= 11 is 1.37. The van der Waals surface area contributed by atoms with Crippen molar-refractivity contribution in [1.29, 1.82) is 0 Å². The van der Waals surface area contributed by atoms with E-state index in [1.807, 2.05) is 39.0 Å². The zero-order chi connectivity index (χ0) is 20.3. The fourth-order valence-corrected chi connectivity index (χ4v) is 5.81. The van der Waals surface area contributed by atoms with Gasteiger partial charge in [-0.05, 0) is 37.1 Å². The maximum atomic E-state index is 13.2. The van der Waals surface area contributed by atoms with E-state index in [0.717, 1.165) is 10.6 Å². The molecule has 1 aromatic heterocycles. The number of hydrogen-bond acceptors (Lipinski definition) is 5. The number of pyridine rings is 1. The van der Waals surface area contributed by atoms with Crippen LogP contribution in [0, 0.1) is 12.8 Å². The summed E-state index contributed by atoms with van der Waals surface area (Å²) in [6, 6.07) is 12.4. The number of rotatable bonds is 6. The molecule has 1 saturated heterocycles. The minimum absolute atomic E-state index is 0.0217. The zero-order valence-corrected chi connectivity index (χ0v) is 17.9. The van der Waals surface area contributed by atoms with Crippen molar-refractivity contribution in [1.82, 2.24) is 14.2 Å². The van der Waals surface area contributed by atoms with Crippen LogP contribution in [0.3, 0.4) is 0 Å². The number of carbonyl (C=O) groups excluding carboxylic acids is 1. The van der Waals surface area contributed by atoms with Gasteiger partial charge in [0.05, 0.1) is 15.7 Å². The molecule has 2 heterocycles. The van der Waals surface area contributed by atoms with Crippen molar-refractivity contribution in [3.63, 3.8) is 0 Å². The summed E-state index contributed by atoms with van der Waals surface area (Å²) in [6.45, 7) is 6.51. The highest BCUT2D eigenvalue weighted by molar-refractivity contribution is 7.99. The minimum atomic E-state index is -3.66. The smallest absolute Gasteiger partial charge is 0.244 e. The van der Waals surface area contributed by atoms with Crippen molar-refractivity contribution in [3.05, 3.63) is 54.2 Å². The molecule has 28 heavy (non-hydrogen) atoms. The Morgan fingerprint density at radius 2 is 1.89 bits per heavy atom. The number of aromatic nitrogens is 1. The number of thioether (sulfide) groups is 1. The monoisotopic (exact) mass is 419 g/mol. The van der Waals surface area contributed by atoms with Crippen molar-refractivity contribution < 1.29 is 13.2 Å². The summed E-state index contributed by atoms with van der Waals surface area (Å²) in [5, 5.41) is 0.778. The molecule has 0 aliphatic carbocycles. The molecule has 1 atom stereocenters. The van der Waals surface area contributed by atoms with Crippen LogP contribution in [-0.4, -0.2) is 53.5 Å². The zero-order valence-electron chi connectivity index (χ0n) is 16.3. The molecular formula is C20H25N3O3S2. The van der Waals surface area contributed by atoms with Crippen molar-refractivity contribution >= 4 is 27.7 Å². The first kappa shape index (κ1) is 20.8. The Bertz CT molecular complexity index is 915. The van der Waals surface area contributed by atoms with E-state index >= 15 is 0 Å². The van der Waals surface area contributed by atoms with E-state index in [0.29, 0.717) is 13.1 Å². The standard InChI is InChI=1S/C20H25N3O3S2/c1-15(2)20-22(19(24)14-27-18-6-4-5-11-21-18)12-13-23(20)28(25,26)17-9-7-16(3)8-10-17/h4-11,15,20H,12-14H2,1-3H3/t20-/m1/s1. The molecule has 1 amide bonds. The molecule has 1 aliphatic heterocycles. The molecule has 2 aromatic rings. The Balaban J connectivity index is 1.78. The third-order valence-corrected chi connectivity index (χ3v) is 7.51. The molecule has 6 nitrogen and oxygen atoms in total. The van der Waals surface area contributed by atoms with E-state index in [1.54, 1.807) is 35.4 Å². The maximum absolute atomic E-state index is 13.2. The number of nitrogens with zero attached hydrogens (tertiary/aromatic N) is 3. The van der Waals surface area contributed by atoms with Crippen LogP contribution in [0.4, 0.5) is 0 Å². The second kappa shape index (κ2) is 8.63. The van der Waals surface area contributed by atoms with Crippen molar-refractivity contribution in [2.45, 2.75) is 36.9 Å². The van der Waals surface area contributed by atoms with Crippen LogP contribution in [-0.2, 0) is 14.8 Å². The first-order valence-electron chi connectivity index (χ1n) is 9.22. The van der Waals surface area contributed by atoms with Crippen LogP contribution in [0.5, 0.6) is 0 Å². The molecule has 3 rings (SSSR count). The SMILES string of the molecule is Cc1ccc(S(=O)(=O)N2CCN(C(=O)CSc3ccccn3)[C@H]2C(C)C)cc1. The highest BCUT2D eigenvalue weighted by Crippen LogP contribution is 2.29. The molecule has 0 radical (unpaired) electrons. The van der Waals surface area contributed by atoms with Gasteiger partial charge in [0.2, 0.25) is 15.9 Å². The van der Waals surface area contributed by atoms with Gasteiger partial charge in [0.15, 0.2) is 0 Å². The number of sulfonamides is 1. The van der Waals surface area contributed by atoms with E-state index in [9.17, 15) is 13.2 Å². The van der Waals surface area contributed by atoms with Gasteiger partial charge in [-0.3, -0.25) is 4.79 Å². The first-order valence-corrected chi connectivity index (χ1v) is 11.6. The summed E-state index contributed by atoms with van der Waals surface area (Å²) in [5.41, 5.74) is 1.00. The molecule has 0 N–H and O–H groups in total. The van der Waals surface area contributed by atoms with Gasteiger partial charge in [0.25, 0.3) is 0 Å². The number of aryl methyl sites for hydroxylation is 1. The van der Waals surface area contributed by atoms with Crippen LogP contribution in [0.1, 0.15) is 19.4 Å². The average Bonchev–Trinajstić information content (AvgIpc) is 3.14. The second-order valence-corrected chi connectivity index (χ2v) is 10.0. The third kappa shape index (κ3) is 4.39. The number of carbonyl (C=O) groups is 1.